The second kappa shape index (κ2) is 10.1. The number of carboxylic acids is 1. The van der Waals surface area contributed by atoms with Gasteiger partial charge in [0.1, 0.15) is 24.9 Å². The van der Waals surface area contributed by atoms with Crippen molar-refractivity contribution in [1.29, 1.82) is 0 Å². The van der Waals surface area contributed by atoms with Gasteiger partial charge in [-0.25, -0.2) is 4.79 Å². The molecule has 1 rings (SSSR count). The van der Waals surface area contributed by atoms with E-state index >= 15 is 0 Å². The molecule has 0 spiro atoms. The molecule has 0 radical (unpaired) electrons. The van der Waals surface area contributed by atoms with Crippen LogP contribution in [0.1, 0.15) is 6.42 Å². The van der Waals surface area contributed by atoms with E-state index in [0.717, 1.165) is 0 Å². The van der Waals surface area contributed by atoms with Crippen LogP contribution in [0.3, 0.4) is 0 Å². The third-order valence-electron chi connectivity index (χ3n) is 4.44. The Hall–Kier alpha value is -0.860. The van der Waals surface area contributed by atoms with E-state index in [-0.39, 0.29) is 18.8 Å². The van der Waals surface area contributed by atoms with Crippen molar-refractivity contribution in [3.63, 3.8) is 0 Å². The molecule has 160 valence electrons. The highest BCUT2D eigenvalue weighted by molar-refractivity contribution is 7.85. The first kappa shape index (κ1) is 24.2. The van der Waals surface area contributed by atoms with Crippen molar-refractivity contribution in [3.8, 4) is 0 Å². The molecule has 0 saturated carbocycles. The summed E-state index contributed by atoms with van der Waals surface area (Å²) in [6, 6.07) is 0. The molecule has 1 saturated heterocycles. The van der Waals surface area contributed by atoms with Gasteiger partial charge in [-0.3, -0.25) is 4.55 Å². The average molecular weight is 416 g/mol. The summed E-state index contributed by atoms with van der Waals surface area (Å²) in [6.45, 7) is 1.14. The van der Waals surface area contributed by atoms with Crippen LogP contribution in [-0.4, -0.2) is 118 Å². The molecule has 5 atom stereocenters. The van der Waals surface area contributed by atoms with Crippen LogP contribution in [0.4, 0.5) is 0 Å². The Labute approximate surface area is 159 Å². The van der Waals surface area contributed by atoms with Gasteiger partial charge in [0.25, 0.3) is 10.1 Å². The Bertz CT molecular complexity index is 581. The summed E-state index contributed by atoms with van der Waals surface area (Å²) in [4.78, 5) is 11.3. The first-order valence-electron chi connectivity index (χ1n) is 8.42. The number of methoxy groups -OCH3 is 2. The number of carboxylic acid groups (broad SMARTS) is 1. The molecule has 0 amide bonds. The van der Waals surface area contributed by atoms with Gasteiger partial charge in [-0.1, -0.05) is 0 Å². The molecule has 5 unspecified atom stereocenters. The number of ether oxygens (including phenoxy) is 4. The fourth-order valence-electron chi connectivity index (χ4n) is 2.88. The zero-order valence-electron chi connectivity index (χ0n) is 16.0. The van der Waals surface area contributed by atoms with E-state index in [1.165, 1.54) is 14.2 Å². The lowest BCUT2D eigenvalue weighted by Gasteiger charge is -2.42. The van der Waals surface area contributed by atoms with Crippen molar-refractivity contribution in [2.24, 2.45) is 0 Å². The average Bonchev–Trinajstić information content (AvgIpc) is 2.53. The summed E-state index contributed by atoms with van der Waals surface area (Å²) < 4.78 is 52.0. The molecule has 0 aromatic heterocycles. The zero-order valence-corrected chi connectivity index (χ0v) is 16.8. The number of hydrogen-bond acceptors (Lipinski definition) is 8. The number of hydrogen-bond donors (Lipinski definition) is 3. The third-order valence-corrected chi connectivity index (χ3v) is 5.25. The molecule has 1 aliphatic heterocycles. The zero-order chi connectivity index (χ0) is 20.8. The highest BCUT2D eigenvalue weighted by Gasteiger charge is 2.49. The maximum Gasteiger partial charge on any atom is 0.335 e. The number of aliphatic hydroxyl groups excluding tert-OH is 1. The fourth-order valence-corrected chi connectivity index (χ4v) is 3.37. The lowest BCUT2D eigenvalue weighted by Crippen LogP contribution is -2.62. The molecule has 1 fully saturated rings. The predicted octanol–water partition coefficient (Wildman–Crippen LogP) is -1.44. The van der Waals surface area contributed by atoms with Crippen molar-refractivity contribution in [2.45, 2.75) is 37.1 Å². The number of nitrogens with zero attached hydrogens (tertiary/aromatic N) is 1. The fraction of sp³-hybridized carbons (Fsp3) is 0.933. The summed E-state index contributed by atoms with van der Waals surface area (Å²) in [7, 11) is 2.33. The largest absolute Gasteiger partial charge is 0.479 e. The smallest absolute Gasteiger partial charge is 0.335 e. The quantitative estimate of drug-likeness (QED) is 0.270. The van der Waals surface area contributed by atoms with E-state index in [4.69, 9.17) is 23.5 Å². The molecule has 11 nitrogen and oxygen atoms in total. The summed E-state index contributed by atoms with van der Waals surface area (Å²) >= 11 is 0. The number of quaternary nitrogens is 1. The highest BCUT2D eigenvalue weighted by atomic mass is 32.2. The molecular formula is C15H30NO10S+. The van der Waals surface area contributed by atoms with Gasteiger partial charge in [0.2, 0.25) is 0 Å². The van der Waals surface area contributed by atoms with Gasteiger partial charge in [0, 0.05) is 20.6 Å². The van der Waals surface area contributed by atoms with Gasteiger partial charge in [-0.2, -0.15) is 8.42 Å². The van der Waals surface area contributed by atoms with Crippen LogP contribution in [0.2, 0.25) is 0 Å². The molecule has 1 aliphatic rings. The SMILES string of the molecule is COC1OC(C(=O)O)C(OC)C(O)C1OCC[N+](C)(C)CCCS(=O)(=O)O. The molecule has 12 heteroatoms. The number of aliphatic hydroxyl groups is 1. The van der Waals surface area contributed by atoms with Crippen LogP contribution < -0.4 is 0 Å². The Balaban J connectivity index is 2.62. The minimum Gasteiger partial charge on any atom is -0.479 e. The van der Waals surface area contributed by atoms with Crippen molar-refractivity contribution in [3.05, 3.63) is 0 Å². The van der Waals surface area contributed by atoms with E-state index in [2.05, 4.69) is 0 Å². The summed E-state index contributed by atoms with van der Waals surface area (Å²) in [5, 5.41) is 19.6. The molecule has 3 N–H and O–H groups in total. The van der Waals surface area contributed by atoms with Crippen molar-refractivity contribution < 1.29 is 51.4 Å². The topological polar surface area (TPSA) is 149 Å². The second-order valence-electron chi connectivity index (χ2n) is 7.05. The maximum absolute atomic E-state index is 11.3. The van der Waals surface area contributed by atoms with Crippen LogP contribution in [-0.2, 0) is 33.9 Å². The van der Waals surface area contributed by atoms with Crippen LogP contribution in [0, 0.1) is 0 Å². The van der Waals surface area contributed by atoms with Crippen molar-refractivity contribution in [1.82, 2.24) is 0 Å². The molecular weight excluding hydrogens is 386 g/mol. The lowest BCUT2D eigenvalue weighted by molar-refractivity contribution is -0.890. The first-order chi connectivity index (χ1) is 12.4. The Morgan fingerprint density at radius 3 is 2.26 bits per heavy atom. The standard InChI is InChI=1S/C15H29NO10S/c1-16(2,6-5-9-27(20,21)22)7-8-25-12-10(17)11(23-3)13(14(18)19)26-15(12)24-4/h10-13,15,17H,5-9H2,1-4H3,(H-,18,19,20,21,22)/p+1. The molecule has 0 aliphatic carbocycles. The maximum atomic E-state index is 11.3. The van der Waals surface area contributed by atoms with Gasteiger partial charge in [0.15, 0.2) is 12.4 Å². The minimum absolute atomic E-state index is 0.179. The third kappa shape index (κ3) is 7.58. The molecule has 1 heterocycles. The monoisotopic (exact) mass is 416 g/mol. The van der Waals surface area contributed by atoms with Crippen LogP contribution in [0.25, 0.3) is 0 Å². The summed E-state index contributed by atoms with van der Waals surface area (Å²) in [6.07, 6.45) is -5.52. The number of rotatable bonds is 11. The molecule has 0 aromatic rings. The van der Waals surface area contributed by atoms with Crippen LogP contribution in [0.15, 0.2) is 0 Å². The van der Waals surface area contributed by atoms with E-state index in [0.29, 0.717) is 17.6 Å². The Kier molecular flexibility index (Phi) is 9.02. The van der Waals surface area contributed by atoms with Gasteiger partial charge in [0.05, 0.1) is 33.0 Å². The van der Waals surface area contributed by atoms with Gasteiger partial charge >= 0.3 is 5.97 Å². The van der Waals surface area contributed by atoms with Gasteiger partial charge in [-0.15, -0.1) is 0 Å². The van der Waals surface area contributed by atoms with Crippen molar-refractivity contribution >= 4 is 16.1 Å². The lowest BCUT2D eigenvalue weighted by atomic mass is 9.98. The summed E-state index contributed by atoms with van der Waals surface area (Å²) in [5.41, 5.74) is 0. The summed E-state index contributed by atoms with van der Waals surface area (Å²) in [5.74, 6) is -1.60. The Morgan fingerprint density at radius 1 is 1.15 bits per heavy atom. The first-order valence-corrected chi connectivity index (χ1v) is 10.0. The number of aliphatic carboxylic acids is 1. The van der Waals surface area contributed by atoms with Crippen molar-refractivity contribution in [2.75, 3.05) is 53.8 Å². The van der Waals surface area contributed by atoms with Gasteiger partial charge < -0.3 is 33.6 Å². The Morgan fingerprint density at radius 2 is 1.78 bits per heavy atom. The normalized spacial score (nSPS) is 29.6. The highest BCUT2D eigenvalue weighted by Crippen LogP contribution is 2.26. The van der Waals surface area contributed by atoms with E-state index in [9.17, 15) is 23.4 Å². The number of carbonyl (C=O) groups is 1. The number of likely N-dealkylation sites (N-methyl/N-ethyl adjacent to an activating group) is 1. The van der Waals surface area contributed by atoms with E-state index in [1.54, 1.807) is 0 Å². The van der Waals surface area contributed by atoms with E-state index < -0.39 is 46.8 Å². The van der Waals surface area contributed by atoms with Crippen LogP contribution in [0.5, 0.6) is 0 Å². The molecule has 27 heavy (non-hydrogen) atoms. The van der Waals surface area contributed by atoms with Crippen LogP contribution >= 0.6 is 0 Å². The predicted molar refractivity (Wildman–Crippen MR) is 92.7 cm³/mol. The van der Waals surface area contributed by atoms with E-state index in [1.807, 2.05) is 14.1 Å². The molecule has 0 aromatic carbocycles. The molecule has 0 bridgehead atoms. The van der Waals surface area contributed by atoms with Gasteiger partial charge in [-0.05, 0) is 0 Å². The minimum atomic E-state index is -3.99. The second-order valence-corrected chi connectivity index (χ2v) is 8.62.